The summed E-state index contributed by atoms with van der Waals surface area (Å²) >= 11 is 3.56. The summed E-state index contributed by atoms with van der Waals surface area (Å²) < 4.78 is 1.00. The second kappa shape index (κ2) is 4.52. The number of hydrogen-bond donors (Lipinski definition) is 2. The topological polar surface area (TPSA) is 50.9 Å². The summed E-state index contributed by atoms with van der Waals surface area (Å²) in [5, 5.41) is 1.03. The number of hydrazine groups is 1. The fraction of sp³-hybridized carbons (Fsp3) is 0.357. The van der Waals surface area contributed by atoms with Gasteiger partial charge in [-0.3, -0.25) is 10.8 Å². The third-order valence-corrected chi connectivity index (χ3v) is 3.70. The van der Waals surface area contributed by atoms with Crippen LogP contribution in [0.5, 0.6) is 0 Å². The van der Waals surface area contributed by atoms with Gasteiger partial charge >= 0.3 is 0 Å². The molecular weight excluding hydrogens is 290 g/mol. The summed E-state index contributed by atoms with van der Waals surface area (Å²) in [5.41, 5.74) is 6.85. The fourth-order valence-electron chi connectivity index (χ4n) is 1.93. The van der Waals surface area contributed by atoms with Crippen LogP contribution in [-0.2, 0) is 5.41 Å². The molecule has 0 saturated carbocycles. The predicted molar refractivity (Wildman–Crippen MR) is 80.7 cm³/mol. The van der Waals surface area contributed by atoms with Crippen molar-refractivity contribution in [2.45, 2.75) is 33.1 Å². The van der Waals surface area contributed by atoms with Crippen LogP contribution in [0.4, 0.5) is 5.69 Å². The van der Waals surface area contributed by atoms with Crippen molar-refractivity contribution in [3.05, 3.63) is 33.9 Å². The summed E-state index contributed by atoms with van der Waals surface area (Å²) in [6.07, 6.45) is 0. The van der Waals surface area contributed by atoms with E-state index in [0.717, 1.165) is 32.3 Å². The zero-order valence-electron chi connectivity index (χ0n) is 11.1. The van der Waals surface area contributed by atoms with Crippen molar-refractivity contribution in [2.75, 3.05) is 5.43 Å². The van der Waals surface area contributed by atoms with Crippen LogP contribution in [0.1, 0.15) is 32.0 Å². The van der Waals surface area contributed by atoms with E-state index in [1.165, 1.54) is 0 Å². The Morgan fingerprint density at radius 2 is 1.94 bits per heavy atom. The summed E-state index contributed by atoms with van der Waals surface area (Å²) in [6, 6.07) is 6.11. The van der Waals surface area contributed by atoms with Gasteiger partial charge in [0.05, 0.1) is 11.2 Å². The largest absolute Gasteiger partial charge is 0.323 e. The number of nitrogen functional groups attached to an aromatic ring is 1. The zero-order valence-corrected chi connectivity index (χ0v) is 12.7. The van der Waals surface area contributed by atoms with Crippen LogP contribution in [0.25, 0.3) is 10.9 Å². The number of nitrogens with zero attached hydrogens (tertiary/aromatic N) is 1. The summed E-state index contributed by atoms with van der Waals surface area (Å²) in [5.74, 6) is 5.65. The minimum Gasteiger partial charge on any atom is -0.323 e. The van der Waals surface area contributed by atoms with Crippen LogP contribution in [-0.4, -0.2) is 4.98 Å². The molecule has 0 aliphatic heterocycles. The zero-order chi connectivity index (χ0) is 13.5. The van der Waals surface area contributed by atoms with E-state index in [4.69, 9.17) is 10.8 Å². The molecule has 1 aromatic carbocycles. The lowest BCUT2D eigenvalue weighted by molar-refractivity contribution is 0.571. The summed E-state index contributed by atoms with van der Waals surface area (Å²) in [6.45, 7) is 8.51. The maximum Gasteiger partial charge on any atom is 0.0767 e. The van der Waals surface area contributed by atoms with Crippen LogP contribution in [0.3, 0.4) is 0 Å². The molecule has 0 aliphatic rings. The molecule has 1 aromatic heterocycles. The molecule has 3 N–H and O–H groups in total. The first-order valence-corrected chi connectivity index (χ1v) is 6.71. The van der Waals surface area contributed by atoms with E-state index in [1.807, 2.05) is 12.1 Å². The second-order valence-corrected chi connectivity index (χ2v) is 6.39. The molecule has 96 valence electrons. The van der Waals surface area contributed by atoms with Crippen molar-refractivity contribution in [2.24, 2.45) is 5.84 Å². The molecule has 18 heavy (non-hydrogen) atoms. The number of nitrogens with two attached hydrogens (primary N) is 1. The van der Waals surface area contributed by atoms with Crippen molar-refractivity contribution in [3.63, 3.8) is 0 Å². The maximum atomic E-state index is 5.65. The number of aryl methyl sites for hydroxylation is 1. The van der Waals surface area contributed by atoms with Crippen molar-refractivity contribution in [3.8, 4) is 0 Å². The lowest BCUT2D eigenvalue weighted by Crippen LogP contribution is -2.16. The average Bonchev–Trinajstić information content (AvgIpc) is 2.31. The van der Waals surface area contributed by atoms with Crippen LogP contribution in [0, 0.1) is 6.92 Å². The Bertz CT molecular complexity index is 600. The first-order valence-electron chi connectivity index (χ1n) is 5.91. The summed E-state index contributed by atoms with van der Waals surface area (Å²) in [4.78, 5) is 4.79. The van der Waals surface area contributed by atoms with Gasteiger partial charge in [-0.2, -0.15) is 0 Å². The minimum absolute atomic E-state index is 0.00541. The lowest BCUT2D eigenvalue weighted by atomic mass is 9.90. The predicted octanol–water partition coefficient (Wildman–Crippen LogP) is 3.89. The van der Waals surface area contributed by atoms with Gasteiger partial charge < -0.3 is 5.43 Å². The molecule has 0 atom stereocenters. The molecule has 1 heterocycles. The van der Waals surface area contributed by atoms with Crippen molar-refractivity contribution in [1.82, 2.24) is 4.98 Å². The Labute approximate surface area is 116 Å². The maximum absolute atomic E-state index is 5.65. The van der Waals surface area contributed by atoms with Gasteiger partial charge in [0.1, 0.15) is 0 Å². The van der Waals surface area contributed by atoms with Gasteiger partial charge in [-0.05, 0) is 24.6 Å². The highest BCUT2D eigenvalue weighted by molar-refractivity contribution is 9.10. The van der Waals surface area contributed by atoms with Gasteiger partial charge in [-0.15, -0.1) is 0 Å². The van der Waals surface area contributed by atoms with Crippen LogP contribution in [0.15, 0.2) is 22.7 Å². The molecule has 0 bridgehead atoms. The smallest absolute Gasteiger partial charge is 0.0767 e. The Kier molecular flexibility index (Phi) is 3.34. The molecule has 2 rings (SSSR count). The standard InChI is InChI=1S/C14H18BrN3/c1-8-5-6-9(15)12-10(18-16)7-11(14(2,3)4)17-13(8)12/h5-7H,16H2,1-4H3,(H,17,18). The van der Waals surface area contributed by atoms with E-state index in [-0.39, 0.29) is 5.41 Å². The number of pyridine rings is 1. The molecule has 4 heteroatoms. The molecule has 2 aromatic rings. The normalized spacial score (nSPS) is 11.9. The van der Waals surface area contributed by atoms with Gasteiger partial charge in [0.2, 0.25) is 0 Å². The fourth-order valence-corrected chi connectivity index (χ4v) is 2.46. The quantitative estimate of drug-likeness (QED) is 0.621. The summed E-state index contributed by atoms with van der Waals surface area (Å²) in [7, 11) is 0. The molecule has 0 amide bonds. The first-order chi connectivity index (χ1) is 8.34. The molecular formula is C14H18BrN3. The third kappa shape index (κ3) is 2.22. The van der Waals surface area contributed by atoms with E-state index >= 15 is 0 Å². The monoisotopic (exact) mass is 307 g/mol. The Balaban J connectivity index is 2.88. The van der Waals surface area contributed by atoms with E-state index in [9.17, 15) is 0 Å². The molecule has 0 radical (unpaired) electrons. The van der Waals surface area contributed by atoms with Gasteiger partial charge in [0, 0.05) is 21.0 Å². The number of nitrogens with one attached hydrogen (secondary N) is 1. The Morgan fingerprint density at radius 3 is 2.50 bits per heavy atom. The number of fused-ring (bicyclic) bond motifs is 1. The van der Waals surface area contributed by atoms with Gasteiger partial charge in [0.15, 0.2) is 0 Å². The molecule has 3 nitrogen and oxygen atoms in total. The number of aromatic nitrogens is 1. The van der Waals surface area contributed by atoms with E-state index < -0.39 is 0 Å². The van der Waals surface area contributed by atoms with Crippen LogP contribution < -0.4 is 11.3 Å². The van der Waals surface area contributed by atoms with Crippen LogP contribution in [0.2, 0.25) is 0 Å². The third-order valence-electron chi connectivity index (χ3n) is 3.04. The second-order valence-electron chi connectivity index (χ2n) is 5.54. The van der Waals surface area contributed by atoms with E-state index in [1.54, 1.807) is 0 Å². The van der Waals surface area contributed by atoms with E-state index in [0.29, 0.717) is 0 Å². The highest BCUT2D eigenvalue weighted by Crippen LogP contribution is 2.34. The highest BCUT2D eigenvalue weighted by atomic mass is 79.9. The van der Waals surface area contributed by atoms with Crippen molar-refractivity contribution >= 4 is 32.5 Å². The number of rotatable bonds is 1. The number of hydrogen-bond acceptors (Lipinski definition) is 3. The Hall–Kier alpha value is -1.13. The average molecular weight is 308 g/mol. The molecule has 0 spiro atoms. The number of anilines is 1. The van der Waals surface area contributed by atoms with Gasteiger partial charge in [-0.25, -0.2) is 0 Å². The van der Waals surface area contributed by atoms with Gasteiger partial charge in [-0.1, -0.05) is 42.8 Å². The highest BCUT2D eigenvalue weighted by Gasteiger charge is 2.19. The van der Waals surface area contributed by atoms with Crippen molar-refractivity contribution < 1.29 is 0 Å². The SMILES string of the molecule is Cc1ccc(Br)c2c(NN)cc(C(C)(C)C)nc12. The van der Waals surface area contributed by atoms with Gasteiger partial charge in [0.25, 0.3) is 0 Å². The van der Waals surface area contributed by atoms with E-state index in [2.05, 4.69) is 55.1 Å². The number of benzene rings is 1. The number of halogens is 1. The molecule has 0 saturated heterocycles. The minimum atomic E-state index is -0.00541. The van der Waals surface area contributed by atoms with Crippen molar-refractivity contribution in [1.29, 1.82) is 0 Å². The molecule has 0 aliphatic carbocycles. The lowest BCUT2D eigenvalue weighted by Gasteiger charge is -2.21. The first kappa shape index (κ1) is 13.3. The Morgan fingerprint density at radius 1 is 1.28 bits per heavy atom. The molecule has 0 fully saturated rings. The van der Waals surface area contributed by atoms with Crippen LogP contribution >= 0.6 is 15.9 Å². The molecule has 0 unspecified atom stereocenters.